The number of ether oxygens (including phenoxy) is 1. The number of benzene rings is 1. The van der Waals surface area contributed by atoms with Gasteiger partial charge in [0, 0.05) is 24.5 Å². The molecule has 0 aliphatic heterocycles. The van der Waals surface area contributed by atoms with Crippen LogP contribution in [0.15, 0.2) is 33.9 Å². The van der Waals surface area contributed by atoms with Gasteiger partial charge in [0.15, 0.2) is 0 Å². The average Bonchev–Trinajstić information content (AvgIpc) is 2.82. The Morgan fingerprint density at radius 3 is 2.52 bits per heavy atom. The van der Waals surface area contributed by atoms with Crippen LogP contribution in [0.2, 0.25) is 0 Å². The van der Waals surface area contributed by atoms with E-state index in [0.717, 1.165) is 10.0 Å². The number of halogens is 1. The predicted octanol–water partition coefficient (Wildman–Crippen LogP) is 0.925. The van der Waals surface area contributed by atoms with Crippen molar-refractivity contribution in [3.8, 4) is 0 Å². The Bertz CT molecular complexity index is 713. The maximum Gasteiger partial charge on any atom is 0.273 e. The highest BCUT2D eigenvalue weighted by atomic mass is 79.9. The van der Waals surface area contributed by atoms with Crippen LogP contribution in [0.4, 0.5) is 0 Å². The Morgan fingerprint density at radius 2 is 1.95 bits per heavy atom. The summed E-state index contributed by atoms with van der Waals surface area (Å²) in [6.07, 6.45) is 0.458. The molecule has 1 heterocycles. The van der Waals surface area contributed by atoms with Crippen molar-refractivity contribution in [3.05, 3.63) is 40.1 Å². The van der Waals surface area contributed by atoms with Crippen molar-refractivity contribution < 1.29 is 13.2 Å². The van der Waals surface area contributed by atoms with E-state index in [9.17, 15) is 8.42 Å². The minimum Gasteiger partial charge on any atom is -0.383 e. The zero-order valence-electron chi connectivity index (χ0n) is 11.4. The normalized spacial score (nSPS) is 11.8. The fourth-order valence-electron chi connectivity index (χ4n) is 1.85. The van der Waals surface area contributed by atoms with Crippen LogP contribution < -0.4 is 5.14 Å². The molecular weight excluding hydrogens is 360 g/mol. The van der Waals surface area contributed by atoms with Gasteiger partial charge in [0.2, 0.25) is 0 Å². The molecular formula is C12H15BrN4O3S. The third-order valence-corrected chi connectivity index (χ3v) is 4.18. The summed E-state index contributed by atoms with van der Waals surface area (Å²) >= 11 is 3.36. The number of hydrogen-bond donors (Lipinski definition) is 1. The lowest BCUT2D eigenvalue weighted by molar-refractivity contribution is 0.183. The number of nitrogens with two attached hydrogens (primary N) is 1. The summed E-state index contributed by atoms with van der Waals surface area (Å²) in [5.41, 5.74) is 0.991. The van der Waals surface area contributed by atoms with Gasteiger partial charge in [-0.1, -0.05) is 28.1 Å². The summed E-state index contributed by atoms with van der Waals surface area (Å²) in [4.78, 5) is 0. The van der Waals surface area contributed by atoms with E-state index in [1.807, 2.05) is 24.3 Å². The van der Waals surface area contributed by atoms with Gasteiger partial charge in [-0.2, -0.15) is 0 Å². The van der Waals surface area contributed by atoms with Crippen molar-refractivity contribution in [2.24, 2.45) is 5.14 Å². The van der Waals surface area contributed by atoms with Gasteiger partial charge in [-0.25, -0.2) is 13.6 Å². The van der Waals surface area contributed by atoms with Crippen molar-refractivity contribution in [2.75, 3.05) is 13.7 Å². The zero-order chi connectivity index (χ0) is 15.5. The Kier molecular flexibility index (Phi) is 5.09. The quantitative estimate of drug-likeness (QED) is 0.810. The summed E-state index contributed by atoms with van der Waals surface area (Å²) in [7, 11) is -2.38. The molecule has 1 aromatic heterocycles. The molecule has 0 saturated carbocycles. The molecule has 0 radical (unpaired) electrons. The minimum atomic E-state index is -3.92. The molecule has 0 amide bonds. The number of rotatable bonds is 6. The van der Waals surface area contributed by atoms with Crippen LogP contribution in [0.25, 0.3) is 0 Å². The molecule has 7 nitrogen and oxygen atoms in total. The lowest BCUT2D eigenvalue weighted by atomic mass is 10.1. The molecule has 2 aromatic rings. The average molecular weight is 375 g/mol. The minimum absolute atomic E-state index is 0.244. The van der Waals surface area contributed by atoms with E-state index in [4.69, 9.17) is 9.88 Å². The van der Waals surface area contributed by atoms with Crippen molar-refractivity contribution in [1.29, 1.82) is 0 Å². The highest BCUT2D eigenvalue weighted by Crippen LogP contribution is 2.15. The van der Waals surface area contributed by atoms with E-state index >= 15 is 0 Å². The van der Waals surface area contributed by atoms with E-state index in [1.165, 1.54) is 11.7 Å². The zero-order valence-corrected chi connectivity index (χ0v) is 13.8. The third-order valence-electron chi connectivity index (χ3n) is 2.84. The summed E-state index contributed by atoms with van der Waals surface area (Å²) in [6, 6.07) is 7.67. The van der Waals surface area contributed by atoms with Crippen LogP contribution in [-0.2, 0) is 27.7 Å². The molecule has 1 aromatic carbocycles. The molecule has 0 saturated heterocycles. The Labute approximate surface area is 131 Å². The van der Waals surface area contributed by atoms with Crippen molar-refractivity contribution in [3.63, 3.8) is 0 Å². The van der Waals surface area contributed by atoms with Gasteiger partial charge < -0.3 is 4.74 Å². The van der Waals surface area contributed by atoms with Crippen LogP contribution in [0.1, 0.15) is 11.4 Å². The van der Waals surface area contributed by atoms with E-state index in [2.05, 4.69) is 26.1 Å². The molecule has 114 valence electrons. The number of hydrogen-bond acceptors (Lipinski definition) is 5. The summed E-state index contributed by atoms with van der Waals surface area (Å²) in [5, 5.41) is 12.5. The van der Waals surface area contributed by atoms with Gasteiger partial charge in [0.05, 0.1) is 6.61 Å². The topological polar surface area (TPSA) is 100 Å². The van der Waals surface area contributed by atoms with Crippen LogP contribution in [0.3, 0.4) is 0 Å². The standard InChI is InChI=1S/C12H15BrN4O3S/c1-20-7-6-17-11(15-16-12(17)21(14,18)19)8-9-2-4-10(13)5-3-9/h2-5H,6-8H2,1H3,(H2,14,18,19). The monoisotopic (exact) mass is 374 g/mol. The van der Waals surface area contributed by atoms with Gasteiger partial charge in [0.25, 0.3) is 15.2 Å². The largest absolute Gasteiger partial charge is 0.383 e. The molecule has 9 heteroatoms. The first-order valence-corrected chi connectivity index (χ1v) is 8.44. The molecule has 2 N–H and O–H groups in total. The second-order valence-electron chi connectivity index (χ2n) is 4.39. The van der Waals surface area contributed by atoms with Crippen LogP contribution in [-0.4, -0.2) is 36.9 Å². The number of primary sulfonamides is 1. The first kappa shape index (κ1) is 16.1. The number of sulfonamides is 1. The van der Waals surface area contributed by atoms with Gasteiger partial charge in [-0.3, -0.25) is 4.57 Å². The van der Waals surface area contributed by atoms with Crippen LogP contribution in [0.5, 0.6) is 0 Å². The van der Waals surface area contributed by atoms with Crippen LogP contribution in [0, 0.1) is 0 Å². The van der Waals surface area contributed by atoms with E-state index in [-0.39, 0.29) is 5.16 Å². The maximum atomic E-state index is 11.5. The van der Waals surface area contributed by atoms with E-state index < -0.39 is 10.0 Å². The number of aromatic nitrogens is 3. The molecule has 0 spiro atoms. The molecule has 0 unspecified atom stereocenters. The Morgan fingerprint density at radius 1 is 1.29 bits per heavy atom. The van der Waals surface area contributed by atoms with Gasteiger partial charge in [0.1, 0.15) is 5.82 Å². The lowest BCUT2D eigenvalue weighted by Gasteiger charge is -2.08. The Balaban J connectivity index is 2.34. The number of methoxy groups -OCH3 is 1. The fourth-order valence-corrected chi connectivity index (χ4v) is 2.78. The molecule has 2 rings (SSSR count). The summed E-state index contributed by atoms with van der Waals surface area (Å²) < 4.78 is 30.5. The first-order valence-electron chi connectivity index (χ1n) is 6.10. The smallest absolute Gasteiger partial charge is 0.273 e. The van der Waals surface area contributed by atoms with Crippen molar-refractivity contribution in [1.82, 2.24) is 14.8 Å². The highest BCUT2D eigenvalue weighted by molar-refractivity contribution is 9.10. The SMILES string of the molecule is COCCn1c(Cc2ccc(Br)cc2)nnc1S(N)(=O)=O. The molecule has 0 aliphatic rings. The van der Waals surface area contributed by atoms with Crippen LogP contribution >= 0.6 is 15.9 Å². The van der Waals surface area contributed by atoms with Crippen molar-refractivity contribution in [2.45, 2.75) is 18.1 Å². The third kappa shape index (κ3) is 4.10. The Hall–Kier alpha value is -1.29. The molecule has 0 atom stereocenters. The highest BCUT2D eigenvalue weighted by Gasteiger charge is 2.21. The second kappa shape index (κ2) is 6.65. The maximum absolute atomic E-state index is 11.5. The van der Waals surface area contributed by atoms with E-state index in [1.54, 1.807) is 0 Å². The number of nitrogens with zero attached hydrogens (tertiary/aromatic N) is 3. The molecule has 0 aliphatic carbocycles. The first-order chi connectivity index (χ1) is 9.91. The second-order valence-corrected chi connectivity index (χ2v) is 6.76. The van der Waals surface area contributed by atoms with Crippen molar-refractivity contribution >= 4 is 26.0 Å². The molecule has 0 fully saturated rings. The van der Waals surface area contributed by atoms with Gasteiger partial charge in [-0.15, -0.1) is 10.2 Å². The molecule has 0 bridgehead atoms. The van der Waals surface area contributed by atoms with Gasteiger partial charge >= 0.3 is 0 Å². The molecule has 21 heavy (non-hydrogen) atoms. The fraction of sp³-hybridized carbons (Fsp3) is 0.333. The predicted molar refractivity (Wildman–Crippen MR) is 80.2 cm³/mol. The summed E-state index contributed by atoms with van der Waals surface area (Å²) in [5.74, 6) is 0.526. The summed E-state index contributed by atoms with van der Waals surface area (Å²) in [6.45, 7) is 0.662. The van der Waals surface area contributed by atoms with E-state index in [0.29, 0.717) is 25.4 Å². The van der Waals surface area contributed by atoms with Gasteiger partial charge in [-0.05, 0) is 17.7 Å². The lowest BCUT2D eigenvalue weighted by Crippen LogP contribution is -2.21.